The Morgan fingerprint density at radius 3 is 2.26 bits per heavy atom. The highest BCUT2D eigenvalue weighted by Crippen LogP contribution is 2.33. The van der Waals surface area contributed by atoms with Gasteiger partial charge in [0.15, 0.2) is 0 Å². The summed E-state index contributed by atoms with van der Waals surface area (Å²) in [5.74, 6) is 0. The fourth-order valence-corrected chi connectivity index (χ4v) is 2.51. The Kier molecular flexibility index (Phi) is 3.61. The number of hydrogen-bond acceptors (Lipinski definition) is 3. The number of hydrogen-bond donors (Lipinski definition) is 1. The van der Waals surface area contributed by atoms with Crippen molar-refractivity contribution in [2.24, 2.45) is 5.16 Å². The molecular weight excluding hydrogens is 275 g/mol. The van der Waals surface area contributed by atoms with Crippen LogP contribution in [0.15, 0.2) is 41.6 Å². The van der Waals surface area contributed by atoms with Gasteiger partial charge in [0.2, 0.25) is 0 Å². The van der Waals surface area contributed by atoms with Gasteiger partial charge in [0.25, 0.3) is 0 Å². The summed E-state index contributed by atoms with van der Waals surface area (Å²) in [5.41, 5.74) is 0.513. The molecule has 1 aromatic carbocycles. The molecule has 0 amide bonds. The van der Waals surface area contributed by atoms with Crippen LogP contribution in [0.3, 0.4) is 0 Å². The van der Waals surface area contributed by atoms with E-state index in [2.05, 4.69) is 5.16 Å². The molecule has 0 bridgehead atoms. The number of rotatable bonds is 2. The Balaban J connectivity index is 2.30. The highest BCUT2D eigenvalue weighted by atomic mass is 32.1. The Hall–Kier alpha value is -1.82. The third-order valence-corrected chi connectivity index (χ3v) is 3.85. The molecule has 100 valence electrons. The third-order valence-electron chi connectivity index (χ3n) is 2.61. The van der Waals surface area contributed by atoms with E-state index in [1.165, 1.54) is 23.5 Å². The predicted molar refractivity (Wildman–Crippen MR) is 68.8 cm³/mol. The van der Waals surface area contributed by atoms with Crippen molar-refractivity contribution in [2.75, 3.05) is 0 Å². The molecule has 0 aliphatic heterocycles. The zero-order valence-corrected chi connectivity index (χ0v) is 10.7. The van der Waals surface area contributed by atoms with E-state index in [0.717, 1.165) is 21.9 Å². The fourth-order valence-electron chi connectivity index (χ4n) is 1.56. The smallest absolute Gasteiger partial charge is 0.411 e. The zero-order chi connectivity index (χ0) is 14.0. The SMILES string of the molecule is CC(=NO)c1ccc(-c2ccc(C(F)(F)F)cc2)s1. The summed E-state index contributed by atoms with van der Waals surface area (Å²) in [4.78, 5) is 1.60. The highest BCUT2D eigenvalue weighted by molar-refractivity contribution is 7.17. The maximum atomic E-state index is 12.4. The van der Waals surface area contributed by atoms with Crippen molar-refractivity contribution >= 4 is 17.0 Å². The number of alkyl halides is 3. The van der Waals surface area contributed by atoms with Crippen LogP contribution < -0.4 is 0 Å². The standard InChI is InChI=1S/C13H10F3NOS/c1-8(17-18)11-6-7-12(19-11)9-2-4-10(5-3-9)13(14,15)16/h2-7,18H,1H3. The Bertz CT molecular complexity index is 599. The van der Waals surface area contributed by atoms with E-state index in [1.54, 1.807) is 19.1 Å². The van der Waals surface area contributed by atoms with Crippen molar-refractivity contribution in [3.63, 3.8) is 0 Å². The Morgan fingerprint density at radius 1 is 1.11 bits per heavy atom. The molecule has 19 heavy (non-hydrogen) atoms. The third kappa shape index (κ3) is 2.96. The van der Waals surface area contributed by atoms with E-state index < -0.39 is 11.7 Å². The lowest BCUT2D eigenvalue weighted by Crippen LogP contribution is -2.03. The minimum atomic E-state index is -4.32. The summed E-state index contributed by atoms with van der Waals surface area (Å²) < 4.78 is 37.3. The van der Waals surface area contributed by atoms with Gasteiger partial charge in [-0.1, -0.05) is 17.3 Å². The van der Waals surface area contributed by atoms with Crippen LogP contribution in [0.1, 0.15) is 17.4 Å². The van der Waals surface area contributed by atoms with Gasteiger partial charge in [-0.05, 0) is 36.8 Å². The second-order valence-electron chi connectivity index (χ2n) is 3.92. The van der Waals surface area contributed by atoms with E-state index in [-0.39, 0.29) is 0 Å². The van der Waals surface area contributed by atoms with Crippen LogP contribution in [-0.4, -0.2) is 10.9 Å². The molecule has 0 aliphatic carbocycles. The van der Waals surface area contributed by atoms with Gasteiger partial charge in [-0.25, -0.2) is 0 Å². The monoisotopic (exact) mass is 285 g/mol. The molecule has 1 aromatic heterocycles. The lowest BCUT2D eigenvalue weighted by Gasteiger charge is -2.06. The van der Waals surface area contributed by atoms with E-state index in [9.17, 15) is 13.2 Å². The van der Waals surface area contributed by atoms with E-state index in [1.807, 2.05) is 0 Å². The number of thiophene rings is 1. The van der Waals surface area contributed by atoms with Crippen molar-refractivity contribution in [1.29, 1.82) is 0 Å². The molecule has 0 atom stereocenters. The summed E-state index contributed by atoms with van der Waals surface area (Å²) in [6, 6.07) is 8.54. The molecule has 0 unspecified atom stereocenters. The topological polar surface area (TPSA) is 32.6 Å². The molecule has 0 spiro atoms. The quantitative estimate of drug-likeness (QED) is 0.487. The van der Waals surface area contributed by atoms with Crippen LogP contribution in [0.5, 0.6) is 0 Å². The van der Waals surface area contributed by atoms with Gasteiger partial charge in [-0.3, -0.25) is 0 Å². The second kappa shape index (κ2) is 5.05. The average molecular weight is 285 g/mol. The maximum absolute atomic E-state index is 12.4. The van der Waals surface area contributed by atoms with Crippen molar-refractivity contribution in [2.45, 2.75) is 13.1 Å². The summed E-state index contributed by atoms with van der Waals surface area (Å²) >= 11 is 1.36. The highest BCUT2D eigenvalue weighted by Gasteiger charge is 2.29. The molecule has 2 nitrogen and oxygen atoms in total. The van der Waals surface area contributed by atoms with Gasteiger partial charge < -0.3 is 5.21 Å². The minimum absolute atomic E-state index is 0.475. The summed E-state index contributed by atoms with van der Waals surface area (Å²) in [5, 5.41) is 11.8. The molecule has 0 saturated carbocycles. The number of halogens is 3. The lowest BCUT2D eigenvalue weighted by atomic mass is 10.1. The van der Waals surface area contributed by atoms with Gasteiger partial charge in [0.05, 0.1) is 16.2 Å². The zero-order valence-electron chi connectivity index (χ0n) is 9.90. The first-order valence-electron chi connectivity index (χ1n) is 5.38. The van der Waals surface area contributed by atoms with Crippen molar-refractivity contribution in [3.05, 3.63) is 46.8 Å². The minimum Gasteiger partial charge on any atom is -0.411 e. The second-order valence-corrected chi connectivity index (χ2v) is 5.01. The van der Waals surface area contributed by atoms with Gasteiger partial charge in [0, 0.05) is 4.88 Å². The molecule has 6 heteroatoms. The molecule has 0 radical (unpaired) electrons. The summed E-state index contributed by atoms with van der Waals surface area (Å²) in [6.07, 6.45) is -4.32. The molecule has 1 N–H and O–H groups in total. The first-order chi connectivity index (χ1) is 8.91. The molecular formula is C13H10F3NOS. The van der Waals surface area contributed by atoms with E-state index in [4.69, 9.17) is 5.21 Å². The lowest BCUT2D eigenvalue weighted by molar-refractivity contribution is -0.137. The van der Waals surface area contributed by atoms with Crippen LogP contribution >= 0.6 is 11.3 Å². The predicted octanol–water partition coefficient (Wildman–Crippen LogP) is 4.63. The first kappa shape index (κ1) is 13.6. The number of benzene rings is 1. The van der Waals surface area contributed by atoms with Gasteiger partial charge in [0.1, 0.15) is 0 Å². The maximum Gasteiger partial charge on any atom is 0.416 e. The molecule has 1 heterocycles. The molecule has 0 aliphatic rings. The van der Waals surface area contributed by atoms with E-state index >= 15 is 0 Å². The number of oxime groups is 1. The molecule has 2 rings (SSSR count). The van der Waals surface area contributed by atoms with Crippen LogP contribution in [0, 0.1) is 0 Å². The molecule has 0 saturated heterocycles. The van der Waals surface area contributed by atoms with Crippen LogP contribution in [0.2, 0.25) is 0 Å². The summed E-state index contributed by atoms with van der Waals surface area (Å²) in [7, 11) is 0. The summed E-state index contributed by atoms with van der Waals surface area (Å²) in [6.45, 7) is 1.66. The fraction of sp³-hybridized carbons (Fsp3) is 0.154. The Labute approximate surface area is 111 Å². The van der Waals surface area contributed by atoms with Crippen molar-refractivity contribution < 1.29 is 18.4 Å². The van der Waals surface area contributed by atoms with Crippen LogP contribution in [0.25, 0.3) is 10.4 Å². The largest absolute Gasteiger partial charge is 0.416 e. The van der Waals surface area contributed by atoms with Gasteiger partial charge in [-0.2, -0.15) is 13.2 Å². The van der Waals surface area contributed by atoms with Gasteiger partial charge in [-0.15, -0.1) is 11.3 Å². The first-order valence-corrected chi connectivity index (χ1v) is 6.20. The van der Waals surface area contributed by atoms with Crippen LogP contribution in [0.4, 0.5) is 13.2 Å². The Morgan fingerprint density at radius 2 is 1.74 bits per heavy atom. The average Bonchev–Trinajstić information content (AvgIpc) is 2.86. The van der Waals surface area contributed by atoms with Gasteiger partial charge >= 0.3 is 6.18 Å². The number of nitrogens with zero attached hydrogens (tertiary/aromatic N) is 1. The molecule has 2 aromatic rings. The normalized spacial score (nSPS) is 12.7. The van der Waals surface area contributed by atoms with Crippen molar-refractivity contribution in [3.8, 4) is 10.4 Å². The van der Waals surface area contributed by atoms with Crippen molar-refractivity contribution in [1.82, 2.24) is 0 Å². The molecule has 0 fully saturated rings. The van der Waals surface area contributed by atoms with E-state index in [0.29, 0.717) is 11.3 Å². The van der Waals surface area contributed by atoms with Crippen LogP contribution in [-0.2, 0) is 6.18 Å².